The molecule has 258 valence electrons. The number of pyridine rings is 1. The molecule has 55 heavy (non-hydrogen) atoms. The number of rotatable bonds is 3. The topological polar surface area (TPSA) is 17.8 Å². The van der Waals surface area contributed by atoms with E-state index in [2.05, 4.69) is 194 Å². The van der Waals surface area contributed by atoms with E-state index in [9.17, 15) is 0 Å². The van der Waals surface area contributed by atoms with Crippen molar-refractivity contribution in [2.45, 2.75) is 25.2 Å². The van der Waals surface area contributed by atoms with Crippen LogP contribution in [0.1, 0.15) is 47.6 Å². The fraction of sp³-hybridized carbons (Fsp3) is 0.0755. The molecule has 1 atom stereocenters. The molecule has 0 aliphatic heterocycles. The number of fused-ring (bicyclic) bond motifs is 12. The first kappa shape index (κ1) is 30.7. The van der Waals surface area contributed by atoms with E-state index in [0.29, 0.717) is 0 Å². The normalized spacial score (nSPS) is 15.1. The summed E-state index contributed by atoms with van der Waals surface area (Å²) in [4.78, 5) is 5.53. The number of hydrogen-bond acceptors (Lipinski definition) is 1. The molecule has 12 rings (SSSR count). The van der Waals surface area contributed by atoms with E-state index in [4.69, 9.17) is 4.98 Å². The minimum absolute atomic E-state index is 0.0691. The van der Waals surface area contributed by atoms with Crippen molar-refractivity contribution in [1.82, 2.24) is 9.55 Å². The van der Waals surface area contributed by atoms with Gasteiger partial charge >= 0.3 is 0 Å². The fourth-order valence-corrected chi connectivity index (χ4v) is 10.1. The average Bonchev–Trinajstić information content (AvgIpc) is 3.83. The third-order valence-electron chi connectivity index (χ3n) is 12.7. The van der Waals surface area contributed by atoms with Gasteiger partial charge in [-0.1, -0.05) is 147 Å². The van der Waals surface area contributed by atoms with Gasteiger partial charge in [0.2, 0.25) is 0 Å². The lowest BCUT2D eigenvalue weighted by atomic mass is 9.81. The molecule has 0 saturated carbocycles. The molecule has 0 amide bonds. The van der Waals surface area contributed by atoms with Gasteiger partial charge in [0, 0.05) is 38.7 Å². The second-order valence-electron chi connectivity index (χ2n) is 15.9. The van der Waals surface area contributed by atoms with Crippen molar-refractivity contribution in [2.24, 2.45) is 0 Å². The van der Waals surface area contributed by atoms with Gasteiger partial charge in [-0.25, -0.2) is 4.98 Å². The third-order valence-corrected chi connectivity index (χ3v) is 12.7. The van der Waals surface area contributed by atoms with Crippen LogP contribution in [0.3, 0.4) is 0 Å². The standard InChI is InChI=1S/C53H36N2/c1-53(2)45-20-10-7-15-36(45)42-29-43-44(52-40-19-6-5-18-39(40)51-35-14-4-3-13-32(35)25-28-41(51)52)30-47(54-48(43)31-46(42)53)33-23-26-34(27-24-33)55-49-21-11-8-16-37(49)38-17-9-12-22-50(38)55/h3-31,52H,1-2H3. The Labute approximate surface area is 320 Å². The van der Waals surface area contributed by atoms with Gasteiger partial charge in [0.1, 0.15) is 0 Å². The SMILES string of the molecule is CC1(C)c2ccccc2-c2cc3c(C4c5ccccc5-c5c4ccc4ccccc54)cc(-c4ccc(-n5c6ccccc6c6ccccc65)cc4)nc3cc21. The molecular formula is C53H36N2. The van der Waals surface area contributed by atoms with Crippen LogP contribution < -0.4 is 0 Å². The number of nitrogens with zero attached hydrogens (tertiary/aromatic N) is 2. The van der Waals surface area contributed by atoms with Crippen molar-refractivity contribution in [3.63, 3.8) is 0 Å². The van der Waals surface area contributed by atoms with E-state index < -0.39 is 0 Å². The van der Waals surface area contributed by atoms with Crippen LogP contribution in [0.15, 0.2) is 176 Å². The Bertz CT molecular complexity index is 3180. The molecule has 0 radical (unpaired) electrons. The van der Waals surface area contributed by atoms with Gasteiger partial charge in [0.15, 0.2) is 0 Å². The largest absolute Gasteiger partial charge is 0.309 e. The highest BCUT2D eigenvalue weighted by Crippen LogP contribution is 2.54. The number of para-hydroxylation sites is 2. The molecule has 8 aromatic carbocycles. The minimum Gasteiger partial charge on any atom is -0.309 e. The van der Waals surface area contributed by atoms with Crippen molar-refractivity contribution in [3.05, 3.63) is 204 Å². The summed E-state index contributed by atoms with van der Waals surface area (Å²) in [5.41, 5.74) is 18.7. The van der Waals surface area contributed by atoms with Gasteiger partial charge in [0.05, 0.1) is 22.2 Å². The van der Waals surface area contributed by atoms with Gasteiger partial charge in [-0.15, -0.1) is 0 Å². The monoisotopic (exact) mass is 700 g/mol. The van der Waals surface area contributed by atoms with Crippen molar-refractivity contribution >= 4 is 43.5 Å². The first-order chi connectivity index (χ1) is 27.0. The lowest BCUT2D eigenvalue weighted by molar-refractivity contribution is 0.661. The predicted molar refractivity (Wildman–Crippen MR) is 229 cm³/mol. The zero-order chi connectivity index (χ0) is 36.4. The molecule has 2 aromatic heterocycles. The third kappa shape index (κ3) is 4.22. The zero-order valence-electron chi connectivity index (χ0n) is 30.7. The Kier molecular flexibility index (Phi) is 6.21. The van der Waals surface area contributed by atoms with Crippen LogP contribution in [0.5, 0.6) is 0 Å². The summed E-state index contributed by atoms with van der Waals surface area (Å²) in [6, 6.07) is 65.2. The maximum absolute atomic E-state index is 5.53. The molecule has 0 fully saturated rings. The molecule has 2 nitrogen and oxygen atoms in total. The second kappa shape index (κ2) is 11.1. The van der Waals surface area contributed by atoms with E-state index in [-0.39, 0.29) is 11.3 Å². The molecule has 0 saturated heterocycles. The predicted octanol–water partition coefficient (Wildman–Crippen LogP) is 13.6. The van der Waals surface area contributed by atoms with E-state index in [1.165, 1.54) is 88.0 Å². The number of benzene rings is 8. The van der Waals surface area contributed by atoms with Crippen LogP contribution in [0.4, 0.5) is 0 Å². The molecule has 2 heteroatoms. The van der Waals surface area contributed by atoms with Crippen molar-refractivity contribution in [3.8, 4) is 39.2 Å². The van der Waals surface area contributed by atoms with E-state index >= 15 is 0 Å². The molecule has 2 aliphatic rings. The van der Waals surface area contributed by atoms with E-state index in [1.807, 2.05) is 0 Å². The van der Waals surface area contributed by atoms with Crippen LogP contribution >= 0.6 is 0 Å². The van der Waals surface area contributed by atoms with Gasteiger partial charge in [0.25, 0.3) is 0 Å². The first-order valence-electron chi connectivity index (χ1n) is 19.3. The van der Waals surface area contributed by atoms with E-state index in [1.54, 1.807) is 0 Å². The molecule has 1 unspecified atom stereocenters. The highest BCUT2D eigenvalue weighted by Gasteiger charge is 2.37. The average molecular weight is 701 g/mol. The Morgan fingerprint density at radius 3 is 1.91 bits per heavy atom. The van der Waals surface area contributed by atoms with Gasteiger partial charge in [-0.2, -0.15) is 0 Å². The van der Waals surface area contributed by atoms with Crippen molar-refractivity contribution in [2.75, 3.05) is 0 Å². The van der Waals surface area contributed by atoms with Crippen molar-refractivity contribution in [1.29, 1.82) is 0 Å². The first-order valence-corrected chi connectivity index (χ1v) is 19.3. The summed E-state index contributed by atoms with van der Waals surface area (Å²) in [6.45, 7) is 4.71. The van der Waals surface area contributed by atoms with Crippen LogP contribution in [-0.2, 0) is 5.41 Å². The second-order valence-corrected chi connectivity index (χ2v) is 15.9. The number of hydrogen-bond donors (Lipinski definition) is 0. The molecule has 2 aliphatic carbocycles. The molecule has 0 spiro atoms. The maximum atomic E-state index is 5.53. The Morgan fingerprint density at radius 1 is 0.473 bits per heavy atom. The number of aromatic nitrogens is 2. The summed E-state index contributed by atoms with van der Waals surface area (Å²) in [7, 11) is 0. The van der Waals surface area contributed by atoms with Crippen LogP contribution in [0.2, 0.25) is 0 Å². The molecule has 2 heterocycles. The fourth-order valence-electron chi connectivity index (χ4n) is 10.1. The Balaban J connectivity index is 1.10. The summed E-state index contributed by atoms with van der Waals surface area (Å²) in [5.74, 6) is 0.0691. The zero-order valence-corrected chi connectivity index (χ0v) is 30.7. The summed E-state index contributed by atoms with van der Waals surface area (Å²) in [6.07, 6.45) is 0. The van der Waals surface area contributed by atoms with Gasteiger partial charge < -0.3 is 4.57 Å². The molecule has 10 aromatic rings. The van der Waals surface area contributed by atoms with Crippen LogP contribution in [0, 0.1) is 0 Å². The highest BCUT2D eigenvalue weighted by atomic mass is 15.0. The highest BCUT2D eigenvalue weighted by molar-refractivity contribution is 6.09. The summed E-state index contributed by atoms with van der Waals surface area (Å²) >= 11 is 0. The van der Waals surface area contributed by atoms with Crippen molar-refractivity contribution < 1.29 is 0 Å². The lowest BCUT2D eigenvalue weighted by Gasteiger charge is -2.23. The smallest absolute Gasteiger partial charge is 0.0716 e. The van der Waals surface area contributed by atoms with Crippen LogP contribution in [0.25, 0.3) is 82.7 Å². The Morgan fingerprint density at radius 2 is 1.13 bits per heavy atom. The summed E-state index contributed by atoms with van der Waals surface area (Å²) in [5, 5.41) is 6.34. The molecule has 0 bridgehead atoms. The quantitative estimate of drug-likeness (QED) is 0.179. The van der Waals surface area contributed by atoms with Gasteiger partial charge in [-0.3, -0.25) is 0 Å². The van der Waals surface area contributed by atoms with Crippen LogP contribution in [-0.4, -0.2) is 9.55 Å². The van der Waals surface area contributed by atoms with E-state index in [0.717, 1.165) is 22.5 Å². The minimum atomic E-state index is -0.118. The summed E-state index contributed by atoms with van der Waals surface area (Å²) < 4.78 is 2.38. The molecule has 0 N–H and O–H groups in total. The molecular weight excluding hydrogens is 665 g/mol. The maximum Gasteiger partial charge on any atom is 0.0716 e. The Hall–Kier alpha value is -6.77. The van der Waals surface area contributed by atoms with Gasteiger partial charge in [-0.05, 0) is 103 Å². The lowest BCUT2D eigenvalue weighted by Crippen LogP contribution is -2.15.